The molecule has 4 nitrogen and oxygen atoms in total. The van der Waals surface area contributed by atoms with Crippen LogP contribution in [0.4, 0.5) is 0 Å². The summed E-state index contributed by atoms with van der Waals surface area (Å²) in [5.41, 5.74) is 0. The van der Waals surface area contributed by atoms with Crippen LogP contribution >= 0.6 is 0 Å². The summed E-state index contributed by atoms with van der Waals surface area (Å²) >= 11 is 0. The maximum absolute atomic E-state index is 3.23. The maximum Gasteiger partial charge on any atom is 0.0886 e. The first-order chi connectivity index (χ1) is 3.97. The Morgan fingerprint density at radius 2 is 1.12 bits per heavy atom. The number of fused-ring (bicyclic) bond motifs is 1. The van der Waals surface area contributed by atoms with E-state index in [9.17, 15) is 0 Å². The molecule has 2 fully saturated rings. The van der Waals surface area contributed by atoms with Crippen molar-refractivity contribution in [3.05, 3.63) is 0 Å². The van der Waals surface area contributed by atoms with Crippen LogP contribution < -0.4 is 21.3 Å². The van der Waals surface area contributed by atoms with Crippen molar-refractivity contribution >= 4 is 0 Å². The average Bonchev–Trinajstić information content (AvgIpc) is 2.15. The van der Waals surface area contributed by atoms with Gasteiger partial charge in [-0.05, 0) is 0 Å². The monoisotopic (exact) mass is 114 g/mol. The van der Waals surface area contributed by atoms with Crippen molar-refractivity contribution in [3.8, 4) is 0 Å². The van der Waals surface area contributed by atoms with Crippen LogP contribution in [0.2, 0.25) is 0 Å². The molecule has 0 aromatic heterocycles. The topological polar surface area (TPSA) is 48.1 Å². The average molecular weight is 114 g/mol. The van der Waals surface area contributed by atoms with Crippen LogP contribution in [0.5, 0.6) is 0 Å². The quantitative estimate of drug-likeness (QED) is 0.292. The van der Waals surface area contributed by atoms with Gasteiger partial charge in [0.1, 0.15) is 0 Å². The lowest BCUT2D eigenvalue weighted by Crippen LogP contribution is -2.39. The number of rotatable bonds is 0. The van der Waals surface area contributed by atoms with E-state index in [2.05, 4.69) is 21.3 Å². The zero-order valence-corrected chi connectivity index (χ0v) is 4.57. The van der Waals surface area contributed by atoms with Crippen LogP contribution in [0.15, 0.2) is 0 Å². The van der Waals surface area contributed by atoms with Crippen molar-refractivity contribution in [3.63, 3.8) is 0 Å². The molecule has 0 atom stereocenters. The predicted octanol–water partition coefficient (Wildman–Crippen LogP) is -2.06. The second-order valence-electron chi connectivity index (χ2n) is 2.13. The summed E-state index contributed by atoms with van der Waals surface area (Å²) in [6.07, 6.45) is 0.907. The lowest BCUT2D eigenvalue weighted by atomic mass is 10.4. The number of hydrogen-bond donors (Lipinski definition) is 4. The van der Waals surface area contributed by atoms with Crippen molar-refractivity contribution in [1.82, 2.24) is 21.3 Å². The van der Waals surface area contributed by atoms with Gasteiger partial charge in [0, 0.05) is 13.3 Å². The largest absolute Gasteiger partial charge is 0.287 e. The fourth-order valence-electron chi connectivity index (χ4n) is 1.17. The molecule has 0 aromatic rings. The summed E-state index contributed by atoms with van der Waals surface area (Å²) in [7, 11) is 0. The second-order valence-corrected chi connectivity index (χ2v) is 2.13. The smallest absolute Gasteiger partial charge is 0.0886 e. The van der Waals surface area contributed by atoms with Gasteiger partial charge in [0.2, 0.25) is 0 Å². The van der Waals surface area contributed by atoms with Crippen LogP contribution in [0.3, 0.4) is 0 Å². The highest BCUT2D eigenvalue weighted by atomic mass is 15.4. The van der Waals surface area contributed by atoms with Crippen molar-refractivity contribution in [2.24, 2.45) is 0 Å². The van der Waals surface area contributed by atoms with E-state index in [1.165, 1.54) is 0 Å². The molecule has 2 saturated heterocycles. The van der Waals surface area contributed by atoms with Gasteiger partial charge < -0.3 is 0 Å². The van der Waals surface area contributed by atoms with Gasteiger partial charge in [0.15, 0.2) is 0 Å². The third-order valence-corrected chi connectivity index (χ3v) is 1.62. The van der Waals surface area contributed by atoms with Crippen LogP contribution in [0, 0.1) is 0 Å². The van der Waals surface area contributed by atoms with Crippen LogP contribution in [0.25, 0.3) is 0 Å². The third-order valence-electron chi connectivity index (χ3n) is 1.62. The van der Waals surface area contributed by atoms with Gasteiger partial charge in [0.25, 0.3) is 0 Å². The van der Waals surface area contributed by atoms with Gasteiger partial charge in [-0.2, -0.15) is 0 Å². The number of hydrogen-bond acceptors (Lipinski definition) is 4. The van der Waals surface area contributed by atoms with Crippen LogP contribution in [0.1, 0.15) is 0 Å². The molecule has 0 radical (unpaired) electrons. The molecule has 0 amide bonds. The summed E-state index contributed by atoms with van der Waals surface area (Å²) in [4.78, 5) is 0. The SMILES string of the molecule is C1NC2NCNC2N1. The fraction of sp³-hybridized carbons (Fsp3) is 1.00. The molecule has 0 aliphatic carbocycles. The van der Waals surface area contributed by atoms with Gasteiger partial charge in [-0.3, -0.25) is 21.3 Å². The Kier molecular flexibility index (Phi) is 0.976. The molecule has 2 aliphatic heterocycles. The molecule has 2 rings (SSSR count). The summed E-state index contributed by atoms with van der Waals surface area (Å²) in [6, 6.07) is 0. The summed E-state index contributed by atoms with van der Waals surface area (Å²) < 4.78 is 0. The Hall–Kier alpha value is -0.160. The van der Waals surface area contributed by atoms with Crippen LogP contribution in [-0.2, 0) is 0 Å². The molecule has 4 heteroatoms. The fourth-order valence-corrected chi connectivity index (χ4v) is 1.17. The van der Waals surface area contributed by atoms with Crippen molar-refractivity contribution in [2.75, 3.05) is 13.3 Å². The zero-order valence-electron chi connectivity index (χ0n) is 4.57. The first-order valence-electron chi connectivity index (χ1n) is 2.90. The van der Waals surface area contributed by atoms with Gasteiger partial charge in [-0.1, -0.05) is 0 Å². The Balaban J connectivity index is 2.04. The molecule has 8 heavy (non-hydrogen) atoms. The predicted molar refractivity (Wildman–Crippen MR) is 29.9 cm³/mol. The van der Waals surface area contributed by atoms with Gasteiger partial charge in [-0.15, -0.1) is 0 Å². The second kappa shape index (κ2) is 1.66. The summed E-state index contributed by atoms with van der Waals surface area (Å²) in [5.74, 6) is 0. The molecular formula is C4H10N4. The molecular weight excluding hydrogens is 104 g/mol. The molecule has 2 heterocycles. The van der Waals surface area contributed by atoms with Gasteiger partial charge in [-0.25, -0.2) is 0 Å². The molecule has 4 N–H and O–H groups in total. The Morgan fingerprint density at radius 1 is 0.750 bits per heavy atom. The van der Waals surface area contributed by atoms with Crippen molar-refractivity contribution in [2.45, 2.75) is 12.3 Å². The minimum Gasteiger partial charge on any atom is -0.287 e. The minimum absolute atomic E-state index is 0.454. The van der Waals surface area contributed by atoms with E-state index < -0.39 is 0 Å². The third kappa shape index (κ3) is 0.545. The lowest BCUT2D eigenvalue weighted by molar-refractivity contribution is 0.522. The van der Waals surface area contributed by atoms with Crippen molar-refractivity contribution in [1.29, 1.82) is 0 Å². The highest BCUT2D eigenvalue weighted by Crippen LogP contribution is 1.95. The van der Waals surface area contributed by atoms with E-state index in [-0.39, 0.29) is 0 Å². The van der Waals surface area contributed by atoms with Crippen LogP contribution in [-0.4, -0.2) is 25.7 Å². The zero-order chi connectivity index (χ0) is 5.40. The number of nitrogens with one attached hydrogen (secondary N) is 4. The van der Waals surface area contributed by atoms with E-state index in [0.29, 0.717) is 12.3 Å². The normalized spacial score (nSPS) is 45.0. The molecule has 0 saturated carbocycles. The van der Waals surface area contributed by atoms with E-state index >= 15 is 0 Å². The molecule has 2 aliphatic rings. The molecule has 0 spiro atoms. The summed E-state index contributed by atoms with van der Waals surface area (Å²) in [6.45, 7) is 1.82. The molecule has 0 unspecified atom stereocenters. The Labute approximate surface area is 48.0 Å². The standard InChI is InChI=1S/C4H10N4/c1-5-3-4(6-1)8-2-7-3/h3-8H,1-2H2. The lowest BCUT2D eigenvalue weighted by Gasteiger charge is -2.05. The van der Waals surface area contributed by atoms with E-state index in [1.54, 1.807) is 0 Å². The van der Waals surface area contributed by atoms with Crippen molar-refractivity contribution < 1.29 is 0 Å². The first kappa shape index (κ1) is 4.69. The summed E-state index contributed by atoms with van der Waals surface area (Å²) in [5, 5.41) is 12.9. The van der Waals surface area contributed by atoms with Gasteiger partial charge >= 0.3 is 0 Å². The Morgan fingerprint density at radius 3 is 1.50 bits per heavy atom. The Bertz CT molecular complexity index is 74.0. The van der Waals surface area contributed by atoms with Gasteiger partial charge in [0.05, 0.1) is 12.3 Å². The van der Waals surface area contributed by atoms with E-state index in [4.69, 9.17) is 0 Å². The molecule has 0 aromatic carbocycles. The highest BCUT2D eigenvalue weighted by molar-refractivity contribution is 4.88. The molecule has 46 valence electrons. The highest BCUT2D eigenvalue weighted by Gasteiger charge is 2.29. The van der Waals surface area contributed by atoms with E-state index in [0.717, 1.165) is 13.3 Å². The molecule has 0 bridgehead atoms. The maximum atomic E-state index is 3.23. The first-order valence-corrected chi connectivity index (χ1v) is 2.90. The van der Waals surface area contributed by atoms with E-state index in [1.807, 2.05) is 0 Å². The minimum atomic E-state index is 0.454.